The minimum Gasteiger partial charge on any atom is -0.458 e. The van der Waals surface area contributed by atoms with Crippen LogP contribution in [-0.2, 0) is 39.6 Å². The number of esters is 1. The van der Waals surface area contributed by atoms with Gasteiger partial charge in [-0.3, -0.25) is 10.1 Å². The fourth-order valence-corrected chi connectivity index (χ4v) is 4.82. The second-order valence-corrected chi connectivity index (χ2v) is 7.95. The summed E-state index contributed by atoms with van der Waals surface area (Å²) in [7, 11) is 0. The zero-order chi connectivity index (χ0) is 21.2. The van der Waals surface area contributed by atoms with Crippen molar-refractivity contribution in [3.63, 3.8) is 0 Å². The Bertz CT molecular complexity index is 1290. The molecule has 1 aromatic carbocycles. The summed E-state index contributed by atoms with van der Waals surface area (Å²) in [5.74, 6) is -0.696. The van der Waals surface area contributed by atoms with E-state index >= 15 is 0 Å². The van der Waals surface area contributed by atoms with E-state index in [0.717, 1.165) is 34.1 Å². The molecule has 3 aromatic rings. The molecule has 1 N–H and O–H groups in total. The number of hydrogen-bond donors (Lipinski definition) is 1. The Labute approximate surface area is 172 Å². The molecule has 4 heterocycles. The van der Waals surface area contributed by atoms with Crippen LogP contribution in [-0.4, -0.2) is 20.8 Å². The van der Waals surface area contributed by atoms with E-state index < -0.39 is 11.6 Å². The summed E-state index contributed by atoms with van der Waals surface area (Å²) in [6, 6.07) is 7.91. The Balaban J connectivity index is 1.84. The van der Waals surface area contributed by atoms with Crippen molar-refractivity contribution in [2.45, 2.75) is 52.4 Å². The van der Waals surface area contributed by atoms with Gasteiger partial charge in [0.25, 0.3) is 5.56 Å². The average molecular weight is 406 g/mol. The first-order valence-electron chi connectivity index (χ1n) is 10.1. The minimum atomic E-state index is -1.70. The number of cyclic esters (lactones) is 1. The molecule has 0 spiro atoms. The number of hydrogen-bond acceptors (Lipinski definition) is 6. The molecule has 0 bridgehead atoms. The normalized spacial score (nSPS) is 19.4. The SMILES string of the molecule is CCc1c2c(nc3ccc(C)cc13)-c1cc3c(c(=O)n1C2)COC(=O)C3(CC)OO. The molecule has 1 atom stereocenters. The molecule has 0 saturated heterocycles. The lowest BCUT2D eigenvalue weighted by molar-refractivity contribution is -0.327. The van der Waals surface area contributed by atoms with Crippen LogP contribution in [0.4, 0.5) is 0 Å². The molecule has 7 heteroatoms. The van der Waals surface area contributed by atoms with Crippen molar-refractivity contribution in [1.82, 2.24) is 9.55 Å². The molecule has 7 nitrogen and oxygen atoms in total. The van der Waals surface area contributed by atoms with Gasteiger partial charge in [-0.15, -0.1) is 0 Å². The number of carbonyl (C=O) groups is 1. The van der Waals surface area contributed by atoms with Crippen molar-refractivity contribution in [3.8, 4) is 11.4 Å². The molecule has 0 amide bonds. The molecule has 0 radical (unpaired) electrons. The van der Waals surface area contributed by atoms with Crippen LogP contribution in [0, 0.1) is 6.92 Å². The largest absolute Gasteiger partial charge is 0.458 e. The van der Waals surface area contributed by atoms with Gasteiger partial charge in [-0.05, 0) is 43.5 Å². The first-order chi connectivity index (χ1) is 14.4. The lowest BCUT2D eigenvalue weighted by atomic mass is 9.86. The molecule has 154 valence electrons. The Morgan fingerprint density at radius 1 is 1.23 bits per heavy atom. The van der Waals surface area contributed by atoms with Crippen LogP contribution in [0.25, 0.3) is 22.3 Å². The van der Waals surface area contributed by atoms with Crippen LogP contribution in [0.3, 0.4) is 0 Å². The standard InChI is InChI=1S/C23H22N2O5/c1-4-13-14-8-12(3)6-7-18(14)24-20-15(13)10-25-19(20)9-17-16(21(25)26)11-29-22(27)23(17,5-2)30-28/h6-9,28H,4-5,10-11H2,1-3H3. The topological polar surface area (TPSA) is 90.7 Å². The van der Waals surface area contributed by atoms with Gasteiger partial charge in [0.15, 0.2) is 0 Å². The lowest BCUT2D eigenvalue weighted by Gasteiger charge is -2.33. The van der Waals surface area contributed by atoms with Crippen LogP contribution >= 0.6 is 0 Å². The minimum absolute atomic E-state index is 0.135. The summed E-state index contributed by atoms with van der Waals surface area (Å²) >= 11 is 0. The molecule has 0 fully saturated rings. The summed E-state index contributed by atoms with van der Waals surface area (Å²) in [5.41, 5.74) is 4.34. The van der Waals surface area contributed by atoms with Gasteiger partial charge in [-0.1, -0.05) is 25.5 Å². The maximum Gasteiger partial charge on any atom is 0.346 e. The molecule has 5 rings (SSSR count). The highest BCUT2D eigenvalue weighted by Crippen LogP contribution is 2.41. The number of pyridine rings is 2. The molecular weight excluding hydrogens is 384 g/mol. The van der Waals surface area contributed by atoms with Crippen molar-refractivity contribution in [1.29, 1.82) is 0 Å². The summed E-state index contributed by atoms with van der Waals surface area (Å²) in [6.07, 6.45) is 0.948. The number of ether oxygens (including phenoxy) is 1. The van der Waals surface area contributed by atoms with Gasteiger partial charge in [0, 0.05) is 16.5 Å². The summed E-state index contributed by atoms with van der Waals surface area (Å²) < 4.78 is 6.87. The van der Waals surface area contributed by atoms with Crippen molar-refractivity contribution < 1.29 is 19.7 Å². The third-order valence-corrected chi connectivity index (χ3v) is 6.44. The van der Waals surface area contributed by atoms with Gasteiger partial charge >= 0.3 is 5.97 Å². The molecule has 1 unspecified atom stereocenters. The fraction of sp³-hybridized carbons (Fsp3) is 0.348. The molecule has 2 aliphatic heterocycles. The summed E-state index contributed by atoms with van der Waals surface area (Å²) in [6.45, 7) is 6.14. The number of benzene rings is 1. The predicted octanol–water partition coefficient (Wildman–Crippen LogP) is 3.45. The third kappa shape index (κ3) is 2.30. The van der Waals surface area contributed by atoms with Gasteiger partial charge < -0.3 is 9.30 Å². The zero-order valence-corrected chi connectivity index (χ0v) is 17.1. The number of aryl methyl sites for hydroxylation is 2. The van der Waals surface area contributed by atoms with Crippen molar-refractivity contribution in [2.75, 3.05) is 0 Å². The number of carbonyl (C=O) groups excluding carboxylic acids is 1. The summed E-state index contributed by atoms with van der Waals surface area (Å²) in [5, 5.41) is 10.7. The van der Waals surface area contributed by atoms with E-state index in [4.69, 9.17) is 9.72 Å². The highest BCUT2D eigenvalue weighted by atomic mass is 17.1. The van der Waals surface area contributed by atoms with Gasteiger partial charge in [0.2, 0.25) is 5.60 Å². The maximum atomic E-state index is 13.4. The van der Waals surface area contributed by atoms with E-state index in [-0.39, 0.29) is 18.6 Å². The number of aromatic nitrogens is 2. The van der Waals surface area contributed by atoms with E-state index in [1.54, 1.807) is 17.6 Å². The van der Waals surface area contributed by atoms with Gasteiger partial charge in [0.1, 0.15) is 6.61 Å². The fourth-order valence-electron chi connectivity index (χ4n) is 4.82. The average Bonchev–Trinajstić information content (AvgIpc) is 3.11. The Hall–Kier alpha value is -3.03. The zero-order valence-electron chi connectivity index (χ0n) is 17.1. The number of rotatable bonds is 3. The van der Waals surface area contributed by atoms with Crippen LogP contribution in [0.5, 0.6) is 0 Å². The van der Waals surface area contributed by atoms with Gasteiger partial charge in [-0.25, -0.2) is 14.7 Å². The van der Waals surface area contributed by atoms with E-state index in [1.807, 2.05) is 12.1 Å². The molecule has 0 aliphatic carbocycles. The van der Waals surface area contributed by atoms with E-state index in [1.165, 1.54) is 5.56 Å². The molecule has 30 heavy (non-hydrogen) atoms. The lowest BCUT2D eigenvalue weighted by Crippen LogP contribution is -2.45. The first-order valence-corrected chi connectivity index (χ1v) is 10.1. The molecule has 0 saturated carbocycles. The molecule has 2 aromatic heterocycles. The van der Waals surface area contributed by atoms with E-state index in [2.05, 4.69) is 24.8 Å². The first kappa shape index (κ1) is 19.0. The number of nitrogens with zero attached hydrogens (tertiary/aromatic N) is 2. The molecule has 2 aliphatic rings. The van der Waals surface area contributed by atoms with Crippen LogP contribution in [0.2, 0.25) is 0 Å². The van der Waals surface area contributed by atoms with Crippen LogP contribution < -0.4 is 5.56 Å². The smallest absolute Gasteiger partial charge is 0.346 e. The highest BCUT2D eigenvalue weighted by Gasteiger charge is 2.49. The Morgan fingerprint density at radius 2 is 2.03 bits per heavy atom. The maximum absolute atomic E-state index is 13.4. The second kappa shape index (κ2) is 6.48. The van der Waals surface area contributed by atoms with E-state index in [0.29, 0.717) is 23.4 Å². The number of fused-ring (bicyclic) bond motifs is 5. The van der Waals surface area contributed by atoms with Gasteiger partial charge in [0.05, 0.1) is 29.0 Å². The predicted molar refractivity (Wildman–Crippen MR) is 110 cm³/mol. The van der Waals surface area contributed by atoms with Crippen molar-refractivity contribution in [3.05, 3.63) is 62.4 Å². The molecular formula is C23H22N2O5. The van der Waals surface area contributed by atoms with Crippen molar-refractivity contribution >= 4 is 16.9 Å². The Kier molecular flexibility index (Phi) is 4.10. The van der Waals surface area contributed by atoms with Crippen molar-refractivity contribution in [2.24, 2.45) is 0 Å². The monoisotopic (exact) mass is 406 g/mol. The highest BCUT2D eigenvalue weighted by molar-refractivity contribution is 5.89. The van der Waals surface area contributed by atoms with Crippen LogP contribution in [0.1, 0.15) is 48.1 Å². The van der Waals surface area contributed by atoms with Gasteiger partial charge in [-0.2, -0.15) is 0 Å². The van der Waals surface area contributed by atoms with E-state index in [9.17, 15) is 14.8 Å². The third-order valence-electron chi connectivity index (χ3n) is 6.44. The summed E-state index contributed by atoms with van der Waals surface area (Å²) in [4.78, 5) is 35.4. The van der Waals surface area contributed by atoms with Crippen LogP contribution in [0.15, 0.2) is 29.1 Å². The Morgan fingerprint density at radius 3 is 2.73 bits per heavy atom. The second-order valence-electron chi connectivity index (χ2n) is 7.95. The quantitative estimate of drug-likeness (QED) is 0.318.